The van der Waals surface area contributed by atoms with Crippen LogP contribution in [-0.2, 0) is 11.2 Å². The van der Waals surface area contributed by atoms with Gasteiger partial charge in [0, 0.05) is 34.7 Å². The van der Waals surface area contributed by atoms with Gasteiger partial charge >= 0.3 is 0 Å². The number of aromatic amines is 1. The molecule has 0 fully saturated rings. The smallest absolute Gasteiger partial charge is 0.224 e. The minimum Gasteiger partial charge on any atom is -0.361 e. The number of carbonyl (C=O) groups is 1. The van der Waals surface area contributed by atoms with Crippen molar-refractivity contribution in [3.63, 3.8) is 0 Å². The van der Waals surface area contributed by atoms with E-state index < -0.39 is 0 Å². The van der Waals surface area contributed by atoms with Gasteiger partial charge in [-0.3, -0.25) is 4.79 Å². The number of hydrogen-bond donors (Lipinski definition) is 3. The van der Waals surface area contributed by atoms with Gasteiger partial charge in [0.2, 0.25) is 5.91 Å². The molecule has 2 unspecified atom stereocenters. The molecule has 4 N–H and O–H groups in total. The Hall–Kier alpha value is -2.01. The van der Waals surface area contributed by atoms with E-state index in [0.29, 0.717) is 11.6 Å². The minimum absolute atomic E-state index is 0. The van der Waals surface area contributed by atoms with Crippen molar-refractivity contribution >= 4 is 40.8 Å². The number of halogens is 2. The highest BCUT2D eigenvalue weighted by atomic mass is 35.5. The summed E-state index contributed by atoms with van der Waals surface area (Å²) in [6.07, 6.45) is 2.70. The van der Waals surface area contributed by atoms with Crippen molar-refractivity contribution in [2.75, 3.05) is 6.54 Å². The van der Waals surface area contributed by atoms with E-state index in [9.17, 15) is 4.79 Å². The van der Waals surface area contributed by atoms with Crippen molar-refractivity contribution in [3.8, 4) is 0 Å². The maximum atomic E-state index is 12.4. The molecule has 6 heteroatoms. The molecule has 1 aromatic heterocycles. The molecule has 138 valence electrons. The topological polar surface area (TPSA) is 70.9 Å². The molecule has 3 aromatic rings. The van der Waals surface area contributed by atoms with Gasteiger partial charge in [-0.25, -0.2) is 0 Å². The Kier molecular flexibility index (Phi) is 7.09. The number of hydrogen-bond acceptors (Lipinski definition) is 2. The van der Waals surface area contributed by atoms with Gasteiger partial charge < -0.3 is 16.0 Å². The quantitative estimate of drug-likeness (QED) is 0.587. The minimum atomic E-state index is -0.312. The molecule has 0 bridgehead atoms. The summed E-state index contributed by atoms with van der Waals surface area (Å²) in [7, 11) is 0. The largest absolute Gasteiger partial charge is 0.361 e. The molecule has 0 spiro atoms. The SMILES string of the molecule is CC(C(=O)NCCc1c[nH]c2ccc(Cl)cc12)C(N)c1ccccc1.Cl. The molecule has 2 atom stereocenters. The molecule has 0 aliphatic heterocycles. The van der Waals surface area contributed by atoms with E-state index in [4.69, 9.17) is 17.3 Å². The molecule has 1 heterocycles. The van der Waals surface area contributed by atoms with Gasteiger partial charge in [0.1, 0.15) is 0 Å². The van der Waals surface area contributed by atoms with Crippen molar-refractivity contribution in [2.45, 2.75) is 19.4 Å². The lowest BCUT2D eigenvalue weighted by Crippen LogP contribution is -2.36. The van der Waals surface area contributed by atoms with Crippen LogP contribution in [0.1, 0.15) is 24.1 Å². The molecule has 3 rings (SSSR count). The standard InChI is InChI=1S/C20H22ClN3O.ClH/c1-13(19(22)14-5-3-2-4-6-14)20(25)23-10-9-15-12-24-18-8-7-16(21)11-17(15)18;/h2-8,11-13,19,24H,9-10,22H2,1H3,(H,23,25);1H. The lowest BCUT2D eigenvalue weighted by Gasteiger charge is -2.19. The highest BCUT2D eigenvalue weighted by molar-refractivity contribution is 6.31. The summed E-state index contributed by atoms with van der Waals surface area (Å²) in [6.45, 7) is 2.42. The van der Waals surface area contributed by atoms with Crippen LogP contribution in [0, 0.1) is 5.92 Å². The fourth-order valence-electron chi connectivity index (χ4n) is 2.97. The Labute approximate surface area is 164 Å². The summed E-state index contributed by atoms with van der Waals surface area (Å²) < 4.78 is 0. The van der Waals surface area contributed by atoms with Crippen LogP contribution in [0.25, 0.3) is 10.9 Å². The van der Waals surface area contributed by atoms with Gasteiger partial charge in [-0.15, -0.1) is 12.4 Å². The Morgan fingerprint density at radius 3 is 2.69 bits per heavy atom. The van der Waals surface area contributed by atoms with Crippen molar-refractivity contribution < 1.29 is 4.79 Å². The van der Waals surface area contributed by atoms with E-state index in [1.807, 2.05) is 61.7 Å². The highest BCUT2D eigenvalue weighted by Gasteiger charge is 2.21. The van der Waals surface area contributed by atoms with Gasteiger partial charge in [0.15, 0.2) is 0 Å². The molecular formula is C20H23Cl2N3O. The average molecular weight is 392 g/mol. The van der Waals surface area contributed by atoms with Crippen molar-refractivity contribution in [1.29, 1.82) is 0 Å². The van der Waals surface area contributed by atoms with E-state index >= 15 is 0 Å². The molecule has 1 amide bonds. The molecule has 4 nitrogen and oxygen atoms in total. The second-order valence-corrected chi connectivity index (χ2v) is 6.71. The third-order valence-corrected chi connectivity index (χ3v) is 4.79. The number of H-pyrrole nitrogens is 1. The number of benzene rings is 2. The highest BCUT2D eigenvalue weighted by Crippen LogP contribution is 2.23. The van der Waals surface area contributed by atoms with Crippen LogP contribution in [-0.4, -0.2) is 17.4 Å². The Morgan fingerprint density at radius 1 is 1.23 bits per heavy atom. The maximum Gasteiger partial charge on any atom is 0.224 e. The molecule has 0 aliphatic carbocycles. The van der Waals surface area contributed by atoms with Gasteiger partial charge in [-0.05, 0) is 35.7 Å². The Bertz CT molecular complexity index is 864. The van der Waals surface area contributed by atoms with E-state index in [2.05, 4.69) is 10.3 Å². The lowest BCUT2D eigenvalue weighted by molar-refractivity contribution is -0.125. The van der Waals surface area contributed by atoms with Crippen LogP contribution < -0.4 is 11.1 Å². The van der Waals surface area contributed by atoms with Crippen LogP contribution in [0.4, 0.5) is 0 Å². The predicted octanol–water partition coefficient (Wildman–Crippen LogP) is 4.24. The van der Waals surface area contributed by atoms with Crippen molar-refractivity contribution in [1.82, 2.24) is 10.3 Å². The predicted molar refractivity (Wildman–Crippen MR) is 110 cm³/mol. The first-order valence-electron chi connectivity index (χ1n) is 8.40. The number of nitrogens with two attached hydrogens (primary N) is 1. The van der Waals surface area contributed by atoms with Gasteiger partial charge in [-0.1, -0.05) is 48.9 Å². The normalized spacial score (nSPS) is 13.0. The molecule has 26 heavy (non-hydrogen) atoms. The van der Waals surface area contributed by atoms with Crippen molar-refractivity contribution in [2.24, 2.45) is 11.7 Å². The molecule has 0 saturated carbocycles. The first-order valence-corrected chi connectivity index (χ1v) is 8.78. The van der Waals surface area contributed by atoms with Crippen LogP contribution in [0.5, 0.6) is 0 Å². The third-order valence-electron chi connectivity index (χ3n) is 4.56. The maximum absolute atomic E-state index is 12.4. The van der Waals surface area contributed by atoms with Gasteiger partial charge in [0.25, 0.3) is 0 Å². The molecule has 2 aromatic carbocycles. The van der Waals surface area contributed by atoms with E-state index in [-0.39, 0.29) is 30.3 Å². The lowest BCUT2D eigenvalue weighted by atomic mass is 9.94. The number of amides is 1. The molecule has 0 saturated heterocycles. The van der Waals surface area contributed by atoms with E-state index in [0.717, 1.165) is 28.5 Å². The first kappa shape index (κ1) is 20.3. The van der Waals surface area contributed by atoms with Crippen LogP contribution >= 0.6 is 24.0 Å². The second kappa shape index (κ2) is 9.08. The van der Waals surface area contributed by atoms with Crippen molar-refractivity contribution in [3.05, 3.63) is 70.9 Å². The zero-order valence-electron chi connectivity index (χ0n) is 14.5. The number of nitrogens with one attached hydrogen (secondary N) is 2. The van der Waals surface area contributed by atoms with Gasteiger partial charge in [0.05, 0.1) is 5.92 Å². The Balaban J connectivity index is 0.00000243. The van der Waals surface area contributed by atoms with E-state index in [1.54, 1.807) is 0 Å². The van der Waals surface area contributed by atoms with Crippen LogP contribution in [0.15, 0.2) is 54.7 Å². The number of rotatable bonds is 6. The average Bonchev–Trinajstić information content (AvgIpc) is 3.03. The molecule has 0 radical (unpaired) electrons. The molecular weight excluding hydrogens is 369 g/mol. The zero-order chi connectivity index (χ0) is 17.8. The zero-order valence-corrected chi connectivity index (χ0v) is 16.1. The summed E-state index contributed by atoms with van der Waals surface area (Å²) in [5, 5.41) is 4.79. The fourth-order valence-corrected chi connectivity index (χ4v) is 3.14. The summed E-state index contributed by atoms with van der Waals surface area (Å²) >= 11 is 6.07. The summed E-state index contributed by atoms with van der Waals surface area (Å²) in [4.78, 5) is 15.6. The number of fused-ring (bicyclic) bond motifs is 1. The van der Waals surface area contributed by atoms with Crippen LogP contribution in [0.3, 0.4) is 0 Å². The monoisotopic (exact) mass is 391 g/mol. The molecule has 0 aliphatic rings. The fraction of sp³-hybridized carbons (Fsp3) is 0.250. The third kappa shape index (κ3) is 4.58. The summed E-state index contributed by atoms with van der Waals surface area (Å²) in [6, 6.07) is 15.2. The number of carbonyl (C=O) groups excluding carboxylic acids is 1. The Morgan fingerprint density at radius 2 is 1.96 bits per heavy atom. The summed E-state index contributed by atoms with van der Waals surface area (Å²) in [5.74, 6) is -0.325. The number of aromatic nitrogens is 1. The second-order valence-electron chi connectivity index (χ2n) is 6.27. The van der Waals surface area contributed by atoms with E-state index in [1.165, 1.54) is 0 Å². The first-order chi connectivity index (χ1) is 12.1. The van der Waals surface area contributed by atoms with Crippen LogP contribution in [0.2, 0.25) is 5.02 Å². The van der Waals surface area contributed by atoms with Gasteiger partial charge in [-0.2, -0.15) is 0 Å². The summed E-state index contributed by atoms with van der Waals surface area (Å²) in [5.41, 5.74) is 9.37.